The molecule has 30 heavy (non-hydrogen) atoms. The van der Waals surface area contributed by atoms with Crippen LogP contribution >= 0.6 is 0 Å². The van der Waals surface area contributed by atoms with Gasteiger partial charge in [-0.25, -0.2) is 26.7 Å². The average Bonchev–Trinajstić information content (AvgIpc) is 3.13. The lowest BCUT2D eigenvalue weighted by atomic mass is 9.96. The van der Waals surface area contributed by atoms with E-state index in [0.29, 0.717) is 12.8 Å². The van der Waals surface area contributed by atoms with E-state index in [9.17, 15) is 22.0 Å². The van der Waals surface area contributed by atoms with Gasteiger partial charge in [0.15, 0.2) is 0 Å². The van der Waals surface area contributed by atoms with Crippen molar-refractivity contribution in [1.82, 2.24) is 9.62 Å². The van der Waals surface area contributed by atoms with Crippen molar-refractivity contribution in [2.75, 3.05) is 32.1 Å². The molecule has 3 rings (SSSR count). The molecule has 1 aliphatic rings. The quantitative estimate of drug-likeness (QED) is 0.695. The topological polar surface area (TPSA) is 87.7 Å². The van der Waals surface area contributed by atoms with Gasteiger partial charge in [0.2, 0.25) is 10.0 Å². The highest BCUT2D eigenvalue weighted by atomic mass is 32.2. The third kappa shape index (κ3) is 5.13. The Labute approximate surface area is 174 Å². The summed E-state index contributed by atoms with van der Waals surface area (Å²) >= 11 is 0. The van der Waals surface area contributed by atoms with E-state index < -0.39 is 33.2 Å². The van der Waals surface area contributed by atoms with Crippen LogP contribution in [0.15, 0.2) is 53.4 Å². The number of halogens is 2. The fourth-order valence-electron chi connectivity index (χ4n) is 3.41. The molecule has 0 bridgehead atoms. The van der Waals surface area contributed by atoms with Gasteiger partial charge in [-0.3, -0.25) is 0 Å². The smallest absolute Gasteiger partial charge is 0.321 e. The van der Waals surface area contributed by atoms with Crippen LogP contribution in [0.2, 0.25) is 0 Å². The molecule has 1 fully saturated rings. The lowest BCUT2D eigenvalue weighted by Gasteiger charge is -2.30. The second-order valence-corrected chi connectivity index (χ2v) is 8.85. The number of nitrogens with zero attached hydrogens (tertiary/aromatic N) is 1. The number of rotatable bonds is 7. The van der Waals surface area contributed by atoms with E-state index in [-0.39, 0.29) is 30.3 Å². The first-order chi connectivity index (χ1) is 14.2. The number of methoxy groups -OCH3 is 1. The maximum Gasteiger partial charge on any atom is 0.321 e. The van der Waals surface area contributed by atoms with E-state index in [2.05, 4.69) is 10.0 Å². The van der Waals surface area contributed by atoms with Crippen molar-refractivity contribution in [3.05, 3.63) is 60.2 Å². The first-order valence-corrected chi connectivity index (χ1v) is 10.8. The third-order valence-corrected chi connectivity index (χ3v) is 6.59. The Bertz CT molecular complexity index is 1000. The molecule has 0 aliphatic carbocycles. The molecule has 2 amide bonds. The predicted octanol–water partition coefficient (Wildman–Crippen LogP) is 2.96. The summed E-state index contributed by atoms with van der Waals surface area (Å²) in [6, 6.07) is 10.1. The maximum absolute atomic E-state index is 13.8. The van der Waals surface area contributed by atoms with Crippen molar-refractivity contribution < 1.29 is 26.7 Å². The molecule has 1 saturated heterocycles. The summed E-state index contributed by atoms with van der Waals surface area (Å²) in [6.07, 6.45) is 0.690. The van der Waals surface area contributed by atoms with Gasteiger partial charge in [0.05, 0.1) is 16.1 Å². The van der Waals surface area contributed by atoms with Gasteiger partial charge in [0.25, 0.3) is 0 Å². The van der Waals surface area contributed by atoms with Crippen LogP contribution in [-0.2, 0) is 14.8 Å². The molecule has 162 valence electrons. The maximum atomic E-state index is 13.8. The van der Waals surface area contributed by atoms with Crippen LogP contribution in [0.1, 0.15) is 12.8 Å². The summed E-state index contributed by atoms with van der Waals surface area (Å²) in [5, 5.41) is 2.34. The lowest BCUT2D eigenvalue weighted by molar-refractivity contribution is 0.162. The van der Waals surface area contributed by atoms with E-state index >= 15 is 0 Å². The van der Waals surface area contributed by atoms with E-state index in [1.54, 1.807) is 18.2 Å². The van der Waals surface area contributed by atoms with Crippen LogP contribution in [0.5, 0.6) is 0 Å². The Morgan fingerprint density at radius 2 is 1.93 bits per heavy atom. The number of anilines is 1. The van der Waals surface area contributed by atoms with Crippen LogP contribution < -0.4 is 10.0 Å². The molecule has 0 radical (unpaired) electrons. The van der Waals surface area contributed by atoms with Gasteiger partial charge in [0, 0.05) is 32.9 Å². The molecule has 10 heteroatoms. The minimum absolute atomic E-state index is 0.0607. The van der Waals surface area contributed by atoms with Crippen molar-refractivity contribution >= 4 is 21.7 Å². The van der Waals surface area contributed by atoms with E-state index in [0.717, 1.165) is 18.2 Å². The van der Waals surface area contributed by atoms with Gasteiger partial charge in [-0.1, -0.05) is 18.2 Å². The normalized spacial score (nSPS) is 19.1. The summed E-state index contributed by atoms with van der Waals surface area (Å²) in [7, 11) is -2.32. The number of ether oxygens (including phenoxy) is 1. The zero-order chi connectivity index (χ0) is 21.8. The fraction of sp³-hybridized carbons (Fsp3) is 0.350. The average molecular weight is 439 g/mol. The van der Waals surface area contributed by atoms with Gasteiger partial charge in [0.1, 0.15) is 11.6 Å². The standard InChI is InChI=1S/C20H23F2N3O4S/c1-29-12-10-20(24-30(27,28)16-5-3-2-4-6-16)9-11-25(14-20)19(26)23-18-13-15(21)7-8-17(18)22/h2-8,13,24H,9-12,14H2,1H3,(H,23,26). The highest BCUT2D eigenvalue weighted by Crippen LogP contribution is 2.28. The SMILES string of the molecule is COCCC1(NS(=O)(=O)c2ccccc2)CCN(C(=O)Nc2cc(F)ccc2F)C1. The van der Waals surface area contributed by atoms with Crippen LogP contribution in [0.3, 0.4) is 0 Å². The molecule has 1 atom stereocenters. The largest absolute Gasteiger partial charge is 0.385 e. The molecule has 2 N–H and O–H groups in total. The Morgan fingerprint density at radius 3 is 2.63 bits per heavy atom. The predicted molar refractivity (Wildman–Crippen MR) is 108 cm³/mol. The molecule has 1 heterocycles. The first kappa shape index (κ1) is 22.1. The summed E-state index contributed by atoms with van der Waals surface area (Å²) in [6.45, 7) is 0.584. The van der Waals surface area contributed by atoms with Crippen molar-refractivity contribution in [2.24, 2.45) is 0 Å². The lowest BCUT2D eigenvalue weighted by Crippen LogP contribution is -2.51. The van der Waals surface area contributed by atoms with Crippen LogP contribution in [0.4, 0.5) is 19.3 Å². The van der Waals surface area contributed by atoms with Gasteiger partial charge in [-0.05, 0) is 37.1 Å². The molecule has 0 saturated carbocycles. The summed E-state index contributed by atoms with van der Waals surface area (Å²) in [5.74, 6) is -1.45. The number of hydrogen-bond acceptors (Lipinski definition) is 4. The molecule has 1 aliphatic heterocycles. The number of likely N-dealkylation sites (tertiary alicyclic amines) is 1. The van der Waals surface area contributed by atoms with Crippen LogP contribution in [0.25, 0.3) is 0 Å². The number of hydrogen-bond donors (Lipinski definition) is 2. The fourth-order valence-corrected chi connectivity index (χ4v) is 4.88. The van der Waals surface area contributed by atoms with Crippen LogP contribution in [0, 0.1) is 11.6 Å². The Hall–Kier alpha value is -2.56. The van der Waals surface area contributed by atoms with Gasteiger partial charge in [-0.2, -0.15) is 0 Å². The summed E-state index contributed by atoms with van der Waals surface area (Å²) in [4.78, 5) is 14.1. The molecule has 7 nitrogen and oxygen atoms in total. The number of nitrogens with one attached hydrogen (secondary N) is 2. The zero-order valence-electron chi connectivity index (χ0n) is 16.4. The van der Waals surface area contributed by atoms with E-state index in [4.69, 9.17) is 4.74 Å². The molecule has 2 aromatic carbocycles. The summed E-state index contributed by atoms with van der Waals surface area (Å²) in [5.41, 5.74) is -1.22. The summed E-state index contributed by atoms with van der Waals surface area (Å²) < 4.78 is 60.7. The van der Waals surface area contributed by atoms with Crippen molar-refractivity contribution in [2.45, 2.75) is 23.3 Å². The molecule has 2 aromatic rings. The molecular formula is C20H23F2N3O4S. The number of sulfonamides is 1. The molecule has 0 spiro atoms. The first-order valence-electron chi connectivity index (χ1n) is 9.34. The number of urea groups is 1. The number of amides is 2. The number of carbonyl (C=O) groups is 1. The highest BCUT2D eigenvalue weighted by Gasteiger charge is 2.43. The van der Waals surface area contributed by atoms with E-state index in [1.165, 1.54) is 24.1 Å². The van der Waals surface area contributed by atoms with Crippen molar-refractivity contribution in [3.8, 4) is 0 Å². The van der Waals surface area contributed by atoms with Gasteiger partial charge < -0.3 is 15.0 Å². The highest BCUT2D eigenvalue weighted by molar-refractivity contribution is 7.89. The van der Waals surface area contributed by atoms with Gasteiger partial charge in [-0.15, -0.1) is 0 Å². The van der Waals surface area contributed by atoms with Gasteiger partial charge >= 0.3 is 6.03 Å². The Balaban J connectivity index is 1.76. The molecule has 0 aromatic heterocycles. The second kappa shape index (κ2) is 9.07. The second-order valence-electron chi connectivity index (χ2n) is 7.17. The van der Waals surface area contributed by atoms with Crippen LogP contribution in [-0.4, -0.2) is 51.7 Å². The Morgan fingerprint density at radius 1 is 1.20 bits per heavy atom. The van der Waals surface area contributed by atoms with Crippen molar-refractivity contribution in [3.63, 3.8) is 0 Å². The number of carbonyl (C=O) groups excluding carboxylic acids is 1. The minimum atomic E-state index is -3.83. The number of benzene rings is 2. The monoisotopic (exact) mass is 439 g/mol. The Kier molecular flexibility index (Phi) is 6.69. The molecular weight excluding hydrogens is 416 g/mol. The molecule has 1 unspecified atom stereocenters. The van der Waals surface area contributed by atoms with E-state index in [1.807, 2.05) is 0 Å². The zero-order valence-corrected chi connectivity index (χ0v) is 17.2. The van der Waals surface area contributed by atoms with Crippen molar-refractivity contribution in [1.29, 1.82) is 0 Å². The third-order valence-electron chi connectivity index (χ3n) is 5.00. The minimum Gasteiger partial charge on any atom is -0.385 e.